The van der Waals surface area contributed by atoms with Crippen molar-refractivity contribution >= 4 is 21.7 Å². The minimum Gasteiger partial charge on any atom is -0.382 e. The summed E-state index contributed by atoms with van der Waals surface area (Å²) in [6.07, 6.45) is 3.15. The van der Waals surface area contributed by atoms with Crippen molar-refractivity contribution in [3.63, 3.8) is 0 Å². The van der Waals surface area contributed by atoms with Gasteiger partial charge >= 0.3 is 0 Å². The number of anilines is 1. The van der Waals surface area contributed by atoms with Crippen molar-refractivity contribution in [3.05, 3.63) is 23.4 Å². The van der Waals surface area contributed by atoms with E-state index >= 15 is 0 Å². The van der Waals surface area contributed by atoms with Gasteiger partial charge in [-0.1, -0.05) is 6.92 Å². The van der Waals surface area contributed by atoms with Crippen molar-refractivity contribution in [2.75, 3.05) is 5.73 Å². The fourth-order valence-corrected chi connectivity index (χ4v) is 1.08. The van der Waals surface area contributed by atoms with Gasteiger partial charge in [0.1, 0.15) is 10.4 Å². The van der Waals surface area contributed by atoms with Crippen LogP contribution in [-0.4, -0.2) is 9.97 Å². The Hall–Kier alpha value is -0.640. The second-order valence-electron chi connectivity index (χ2n) is 2.13. The molecule has 1 radical (unpaired) electrons. The van der Waals surface area contributed by atoms with Crippen LogP contribution >= 0.6 is 15.9 Å². The Kier molecular flexibility index (Phi) is 2.82. The van der Waals surface area contributed by atoms with Crippen LogP contribution in [-0.2, 0) is 6.42 Å². The zero-order valence-electron chi connectivity index (χ0n) is 6.05. The molecule has 1 heterocycles. The first-order valence-electron chi connectivity index (χ1n) is 3.30. The highest BCUT2D eigenvalue weighted by atomic mass is 79.9. The Morgan fingerprint density at radius 1 is 1.64 bits per heavy atom. The van der Waals surface area contributed by atoms with Crippen LogP contribution in [0.15, 0.2) is 10.8 Å². The van der Waals surface area contributed by atoms with Crippen LogP contribution < -0.4 is 5.73 Å². The summed E-state index contributed by atoms with van der Waals surface area (Å²) in [5, 5.41) is 0. The number of nitrogens with zero attached hydrogens (tertiary/aromatic N) is 2. The molecule has 59 valence electrons. The quantitative estimate of drug-likeness (QED) is 0.814. The molecular weight excluding hydrogens is 206 g/mol. The first-order chi connectivity index (χ1) is 5.24. The van der Waals surface area contributed by atoms with Gasteiger partial charge in [-0.15, -0.1) is 0 Å². The Bertz CT molecular complexity index is 249. The fourth-order valence-electron chi connectivity index (χ4n) is 0.764. The third-order valence-corrected chi connectivity index (χ3v) is 1.64. The van der Waals surface area contributed by atoms with E-state index in [1.807, 2.05) is 0 Å². The summed E-state index contributed by atoms with van der Waals surface area (Å²) in [4.78, 5) is 8.09. The van der Waals surface area contributed by atoms with Gasteiger partial charge in [-0.2, -0.15) is 0 Å². The van der Waals surface area contributed by atoms with E-state index in [1.54, 1.807) is 6.20 Å². The van der Waals surface area contributed by atoms with Crippen molar-refractivity contribution in [2.45, 2.75) is 12.8 Å². The average molecular weight is 215 g/mol. The largest absolute Gasteiger partial charge is 0.382 e. The summed E-state index contributed by atoms with van der Waals surface area (Å²) in [7, 11) is 0. The number of rotatable bonds is 2. The lowest BCUT2D eigenvalue weighted by atomic mass is 10.2. The molecule has 0 unspecified atom stereocenters. The molecule has 0 amide bonds. The molecule has 0 fully saturated rings. The molecule has 0 saturated carbocycles. The van der Waals surface area contributed by atoms with Crippen molar-refractivity contribution in [2.24, 2.45) is 0 Å². The summed E-state index contributed by atoms with van der Waals surface area (Å²) >= 11 is 3.22. The second kappa shape index (κ2) is 3.67. The predicted molar refractivity (Wildman–Crippen MR) is 47.8 cm³/mol. The highest BCUT2D eigenvalue weighted by Gasteiger charge is 2.00. The van der Waals surface area contributed by atoms with Crippen LogP contribution in [0, 0.1) is 6.92 Å². The van der Waals surface area contributed by atoms with Crippen LogP contribution in [0.5, 0.6) is 0 Å². The monoisotopic (exact) mass is 214 g/mol. The number of aryl methyl sites for hydroxylation is 1. The summed E-state index contributed by atoms with van der Waals surface area (Å²) in [5.74, 6) is 0.497. The maximum absolute atomic E-state index is 5.55. The molecule has 3 nitrogen and oxygen atoms in total. The molecule has 1 aromatic heterocycles. The van der Waals surface area contributed by atoms with Gasteiger partial charge in [0.15, 0.2) is 0 Å². The Morgan fingerprint density at radius 3 is 3.00 bits per heavy atom. The first-order valence-corrected chi connectivity index (χ1v) is 4.09. The standard InChI is InChI=1S/C7H9BrN3/c1-2-3-5-7(9)10-4-6(8)11-5/h4H,1-3H2,(H2,9,10). The average Bonchev–Trinajstić information content (AvgIpc) is 1.98. The van der Waals surface area contributed by atoms with Gasteiger partial charge in [-0.25, -0.2) is 9.97 Å². The van der Waals surface area contributed by atoms with Crippen molar-refractivity contribution < 1.29 is 0 Å². The smallest absolute Gasteiger partial charge is 0.145 e. The van der Waals surface area contributed by atoms with Gasteiger partial charge in [-0.3, -0.25) is 0 Å². The Morgan fingerprint density at radius 2 is 2.36 bits per heavy atom. The Balaban J connectivity index is 2.93. The minimum atomic E-state index is 0.497. The van der Waals surface area contributed by atoms with Gasteiger partial charge in [-0.05, 0) is 28.8 Å². The second-order valence-corrected chi connectivity index (χ2v) is 2.94. The van der Waals surface area contributed by atoms with E-state index in [0.717, 1.165) is 23.1 Å². The van der Waals surface area contributed by atoms with E-state index in [4.69, 9.17) is 5.73 Å². The van der Waals surface area contributed by atoms with Gasteiger partial charge in [0.05, 0.1) is 11.9 Å². The molecule has 1 aromatic rings. The molecule has 0 aliphatic carbocycles. The van der Waals surface area contributed by atoms with Gasteiger partial charge < -0.3 is 5.73 Å². The lowest BCUT2D eigenvalue weighted by Gasteiger charge is -2.00. The van der Waals surface area contributed by atoms with E-state index in [-0.39, 0.29) is 0 Å². The van der Waals surface area contributed by atoms with Crippen LogP contribution in [0.1, 0.15) is 12.1 Å². The highest BCUT2D eigenvalue weighted by Crippen LogP contribution is 2.11. The number of hydrogen-bond acceptors (Lipinski definition) is 3. The molecule has 0 bridgehead atoms. The zero-order valence-corrected chi connectivity index (χ0v) is 7.63. The maximum atomic E-state index is 5.55. The SMILES string of the molecule is [CH2]CCc1nc(Br)cnc1N. The first kappa shape index (κ1) is 8.46. The molecule has 0 atom stereocenters. The van der Waals surface area contributed by atoms with Crippen LogP contribution in [0.4, 0.5) is 5.82 Å². The summed E-state index contributed by atoms with van der Waals surface area (Å²) in [6, 6.07) is 0. The summed E-state index contributed by atoms with van der Waals surface area (Å²) < 4.78 is 0.718. The van der Waals surface area contributed by atoms with Gasteiger partial charge in [0.25, 0.3) is 0 Å². The van der Waals surface area contributed by atoms with Crippen LogP contribution in [0.2, 0.25) is 0 Å². The lowest BCUT2D eigenvalue weighted by Crippen LogP contribution is -2.00. The molecule has 0 spiro atoms. The summed E-state index contributed by atoms with van der Waals surface area (Å²) in [6.45, 7) is 3.71. The number of nitrogen functional groups attached to an aromatic ring is 1. The molecule has 0 saturated heterocycles. The third kappa shape index (κ3) is 2.15. The summed E-state index contributed by atoms with van der Waals surface area (Å²) in [5.41, 5.74) is 6.37. The number of halogens is 1. The van der Waals surface area contributed by atoms with Crippen LogP contribution in [0.25, 0.3) is 0 Å². The molecule has 1 rings (SSSR count). The minimum absolute atomic E-state index is 0.497. The molecule has 0 aliphatic heterocycles. The molecule has 0 aromatic carbocycles. The fraction of sp³-hybridized carbons (Fsp3) is 0.286. The van der Waals surface area contributed by atoms with Gasteiger partial charge in [0.2, 0.25) is 0 Å². The topological polar surface area (TPSA) is 51.8 Å². The maximum Gasteiger partial charge on any atom is 0.145 e. The van der Waals surface area contributed by atoms with Crippen molar-refractivity contribution in [1.82, 2.24) is 9.97 Å². The Labute approximate surface area is 74.2 Å². The lowest BCUT2D eigenvalue weighted by molar-refractivity contribution is 0.921. The molecule has 11 heavy (non-hydrogen) atoms. The van der Waals surface area contributed by atoms with Crippen molar-refractivity contribution in [1.29, 1.82) is 0 Å². The zero-order chi connectivity index (χ0) is 8.27. The molecule has 2 N–H and O–H groups in total. The van der Waals surface area contributed by atoms with E-state index < -0.39 is 0 Å². The molecular formula is C7H9BrN3. The molecule has 4 heteroatoms. The number of hydrogen-bond donors (Lipinski definition) is 1. The normalized spacial score (nSPS) is 10.0. The third-order valence-electron chi connectivity index (χ3n) is 1.26. The van der Waals surface area contributed by atoms with E-state index in [2.05, 4.69) is 32.8 Å². The van der Waals surface area contributed by atoms with Crippen LogP contribution in [0.3, 0.4) is 0 Å². The van der Waals surface area contributed by atoms with E-state index in [0.29, 0.717) is 5.82 Å². The highest BCUT2D eigenvalue weighted by molar-refractivity contribution is 9.10. The van der Waals surface area contributed by atoms with E-state index in [1.165, 1.54) is 0 Å². The number of nitrogens with two attached hydrogens (primary N) is 1. The number of aromatic nitrogens is 2. The van der Waals surface area contributed by atoms with E-state index in [9.17, 15) is 0 Å². The molecule has 0 aliphatic rings. The van der Waals surface area contributed by atoms with Crippen molar-refractivity contribution in [3.8, 4) is 0 Å². The van der Waals surface area contributed by atoms with Gasteiger partial charge in [0, 0.05) is 0 Å². The predicted octanol–water partition coefficient (Wildman–Crippen LogP) is 1.59.